The molecule has 0 aliphatic heterocycles. The molecular weight excluding hydrogens is 634 g/mol. The number of pyridine rings is 1. The monoisotopic (exact) mass is 686 g/mol. The maximum atomic E-state index is 13.7. The number of Topliss-reactive ketones (excluding diaryl/α,β-unsaturated/α-hetero) is 1. The Kier molecular flexibility index (Phi) is 9.29. The zero-order valence-corrected chi connectivity index (χ0v) is 30.0. The van der Waals surface area contributed by atoms with E-state index in [1.807, 2.05) is 30.6 Å². The molecule has 248 valence electrons. The number of aliphatic hydroxyl groups excluding tert-OH is 1. The van der Waals surface area contributed by atoms with Gasteiger partial charge >= 0.3 is 11.9 Å². The van der Waals surface area contributed by atoms with Crippen molar-refractivity contribution >= 4 is 33.7 Å². The number of hydrogen-bond donors (Lipinski definition) is 1. The van der Waals surface area contributed by atoms with Crippen LogP contribution in [0, 0.1) is 39.9 Å². The van der Waals surface area contributed by atoms with Gasteiger partial charge in [0.15, 0.2) is 17.9 Å². The number of aromatic nitrogens is 1. The Morgan fingerprint density at radius 2 is 1.80 bits per heavy atom. The Morgan fingerprint density at radius 3 is 2.42 bits per heavy atom. The Bertz CT molecular complexity index is 1360. The zero-order valence-electron chi connectivity index (χ0n) is 28.4. The molecule has 0 bridgehead atoms. The normalized spacial score (nSPS) is 39.6. The summed E-state index contributed by atoms with van der Waals surface area (Å²) in [7, 11) is 1.41. The molecule has 0 amide bonds. The molecule has 4 saturated carbocycles. The van der Waals surface area contributed by atoms with E-state index in [0.29, 0.717) is 43.5 Å². The summed E-state index contributed by atoms with van der Waals surface area (Å²) >= 11 is 3.95. The quantitative estimate of drug-likeness (QED) is 0.153. The predicted molar refractivity (Wildman–Crippen MR) is 175 cm³/mol. The average Bonchev–Trinajstić information content (AvgIpc) is 3.26. The zero-order chi connectivity index (χ0) is 33.1. The molecule has 1 aromatic rings. The van der Waals surface area contributed by atoms with Crippen molar-refractivity contribution in [3.63, 3.8) is 0 Å². The number of hydrogen-bond acceptors (Lipinski definition) is 6. The van der Waals surface area contributed by atoms with Crippen molar-refractivity contribution in [2.75, 3.05) is 7.11 Å². The summed E-state index contributed by atoms with van der Waals surface area (Å²) < 4.78 is 13.7. The number of carbonyl (C=O) groups excluding carboxylic acids is 3. The molecule has 45 heavy (non-hydrogen) atoms. The molecule has 1 aromatic heterocycles. The number of rotatable bonds is 7. The van der Waals surface area contributed by atoms with Gasteiger partial charge in [-0.3, -0.25) is 9.59 Å². The lowest BCUT2D eigenvalue weighted by molar-refractivity contribution is -0.757. The number of methoxy groups -OCH3 is 1. The molecule has 1 N–H and O–H groups in total. The van der Waals surface area contributed by atoms with E-state index in [2.05, 4.69) is 62.0 Å². The Morgan fingerprint density at radius 1 is 1.13 bits per heavy atom. The van der Waals surface area contributed by atoms with Gasteiger partial charge in [-0.2, -0.15) is 4.57 Å². The first-order valence-corrected chi connectivity index (χ1v) is 17.7. The lowest BCUT2D eigenvalue weighted by Crippen LogP contribution is -2.65. The van der Waals surface area contributed by atoms with Crippen molar-refractivity contribution in [2.24, 2.45) is 39.9 Å². The molecular formula is C37H53BrNO6+. The fourth-order valence-electron chi connectivity index (χ4n) is 10.8. The van der Waals surface area contributed by atoms with Gasteiger partial charge in [0, 0.05) is 50.8 Å². The van der Waals surface area contributed by atoms with Crippen LogP contribution in [0.1, 0.15) is 99.8 Å². The molecule has 0 spiro atoms. The molecule has 0 aromatic carbocycles. The summed E-state index contributed by atoms with van der Waals surface area (Å²) in [4.78, 5) is 39.0. The van der Waals surface area contributed by atoms with Crippen molar-refractivity contribution in [3.05, 3.63) is 41.7 Å². The molecule has 0 saturated heterocycles. The van der Waals surface area contributed by atoms with Crippen LogP contribution in [-0.2, 0) is 29.4 Å². The van der Waals surface area contributed by atoms with Gasteiger partial charge in [0.25, 0.3) is 0 Å². The van der Waals surface area contributed by atoms with Crippen molar-refractivity contribution in [1.29, 1.82) is 0 Å². The van der Waals surface area contributed by atoms with Crippen LogP contribution < -0.4 is 4.57 Å². The Balaban J connectivity index is 1.56. The Labute approximate surface area is 277 Å². The van der Waals surface area contributed by atoms with Gasteiger partial charge in [0.2, 0.25) is 0 Å². The first-order chi connectivity index (χ1) is 21.0. The second-order valence-corrected chi connectivity index (χ2v) is 16.8. The Hall–Kier alpha value is -2.06. The van der Waals surface area contributed by atoms with E-state index in [9.17, 15) is 19.5 Å². The summed E-state index contributed by atoms with van der Waals surface area (Å²) in [6.45, 7) is 14.8. The molecule has 4 fully saturated rings. The number of aliphatic hydroxyl groups is 1. The minimum Gasteiger partial charge on any atom is -0.466 e. The van der Waals surface area contributed by atoms with Crippen LogP contribution in [0.3, 0.4) is 0 Å². The molecule has 0 radical (unpaired) electrons. The third-order valence-electron chi connectivity index (χ3n) is 13.4. The number of nitrogens with zero attached hydrogens (tertiary/aromatic N) is 1. The third kappa shape index (κ3) is 5.44. The first-order valence-electron chi connectivity index (χ1n) is 16.8. The lowest BCUT2D eigenvalue weighted by Gasteiger charge is -2.68. The molecule has 5 rings (SSSR count). The number of halogens is 1. The topological polar surface area (TPSA) is 93.8 Å². The van der Waals surface area contributed by atoms with Gasteiger partial charge < -0.3 is 14.6 Å². The van der Waals surface area contributed by atoms with Crippen LogP contribution in [0.15, 0.2) is 41.7 Å². The van der Waals surface area contributed by atoms with E-state index >= 15 is 0 Å². The van der Waals surface area contributed by atoms with Gasteiger partial charge in [-0.15, -0.1) is 0 Å². The van der Waals surface area contributed by atoms with Crippen LogP contribution in [0.2, 0.25) is 0 Å². The maximum absolute atomic E-state index is 13.7. The standard InChI is InChI=1S/C37H53BrNO6/c1-22-25-14-17-36(6)32(35(25,5)16-15-27(22)41)28(42)20-26-31(29(45-23(2)40)21-37(26,36)7)24(33(43)44-8)12-13-30(38)34(3,4)39-18-10-9-11-19-39/h9-11,18-19,22,25-26,28-30,32,42H,12-17,20-21H2,1-8H3/q+1/b31-24-/t22-,25?,26?,28?,29-,30?,32?,35-,36-,37-/m0/s1. The number of carbonyl (C=O) groups is 3. The highest BCUT2D eigenvalue weighted by atomic mass is 79.9. The average molecular weight is 688 g/mol. The number of fused-ring (bicyclic) bond motifs is 5. The first kappa shape index (κ1) is 34.3. The van der Waals surface area contributed by atoms with Crippen LogP contribution in [0.25, 0.3) is 0 Å². The molecule has 8 heteroatoms. The third-order valence-corrected chi connectivity index (χ3v) is 15.0. The van der Waals surface area contributed by atoms with Gasteiger partial charge in [0.1, 0.15) is 11.9 Å². The minimum absolute atomic E-state index is 0.000262. The van der Waals surface area contributed by atoms with Crippen LogP contribution in [0.5, 0.6) is 0 Å². The maximum Gasteiger partial charge on any atom is 0.333 e. The van der Waals surface area contributed by atoms with Gasteiger partial charge in [-0.05, 0) is 84.5 Å². The SMILES string of the molecule is COC(=O)/C(CCC(Br)C(C)(C)[n+]1ccccc1)=C1/C2CC(O)C3[C@@]4(C)CCC(=O)[C@@H](C)C4CC[C@]3(C)[C@@]2(C)C[C@@H]1OC(C)=O. The fraction of sp³-hybridized carbons (Fsp3) is 0.730. The van der Waals surface area contributed by atoms with E-state index in [1.165, 1.54) is 14.0 Å². The van der Waals surface area contributed by atoms with E-state index < -0.39 is 18.2 Å². The second kappa shape index (κ2) is 12.2. The van der Waals surface area contributed by atoms with Gasteiger partial charge in [0.05, 0.1) is 18.0 Å². The number of ketones is 1. The second-order valence-electron chi connectivity index (χ2n) is 15.7. The van der Waals surface area contributed by atoms with Crippen LogP contribution in [0.4, 0.5) is 0 Å². The van der Waals surface area contributed by atoms with Crippen molar-refractivity contribution in [1.82, 2.24) is 0 Å². The van der Waals surface area contributed by atoms with E-state index in [1.54, 1.807) is 0 Å². The molecule has 4 aliphatic rings. The summed E-state index contributed by atoms with van der Waals surface area (Å²) in [5, 5.41) is 12.2. The summed E-state index contributed by atoms with van der Waals surface area (Å²) in [6.07, 6.45) is 8.34. The van der Waals surface area contributed by atoms with E-state index in [4.69, 9.17) is 9.47 Å². The van der Waals surface area contributed by atoms with Crippen molar-refractivity contribution in [3.8, 4) is 0 Å². The highest BCUT2D eigenvalue weighted by Gasteiger charge is 2.71. The lowest BCUT2D eigenvalue weighted by atomic mass is 9.36. The largest absolute Gasteiger partial charge is 0.466 e. The van der Waals surface area contributed by atoms with Crippen LogP contribution >= 0.6 is 15.9 Å². The number of esters is 2. The molecule has 10 atom stereocenters. The van der Waals surface area contributed by atoms with Crippen LogP contribution in [-0.4, -0.2) is 47.0 Å². The van der Waals surface area contributed by atoms with E-state index in [-0.39, 0.29) is 56.3 Å². The highest BCUT2D eigenvalue weighted by Crippen LogP contribution is 2.74. The van der Waals surface area contributed by atoms with Crippen molar-refractivity contribution < 1.29 is 33.5 Å². The van der Waals surface area contributed by atoms with Crippen molar-refractivity contribution in [2.45, 2.75) is 122 Å². The summed E-state index contributed by atoms with van der Waals surface area (Å²) in [5.41, 5.74) is 0.375. The van der Waals surface area contributed by atoms with Gasteiger partial charge in [-0.1, -0.05) is 49.7 Å². The predicted octanol–water partition coefficient (Wildman–Crippen LogP) is 6.48. The fourth-order valence-corrected chi connectivity index (χ4v) is 11.2. The molecule has 4 aliphatic carbocycles. The van der Waals surface area contributed by atoms with Gasteiger partial charge in [-0.25, -0.2) is 4.79 Å². The highest BCUT2D eigenvalue weighted by molar-refractivity contribution is 9.09. The van der Waals surface area contributed by atoms with E-state index in [0.717, 1.165) is 24.8 Å². The smallest absolute Gasteiger partial charge is 0.333 e. The summed E-state index contributed by atoms with van der Waals surface area (Å²) in [5.74, 6) is -0.303. The molecule has 7 nitrogen and oxygen atoms in total. The number of ether oxygens (including phenoxy) is 2. The number of alkyl halides is 1. The summed E-state index contributed by atoms with van der Waals surface area (Å²) in [6, 6.07) is 6.01. The molecule has 5 unspecified atom stereocenters. The minimum atomic E-state index is -0.594. The molecule has 1 heterocycles.